The van der Waals surface area contributed by atoms with Crippen molar-refractivity contribution < 1.29 is 13.2 Å². The SMILES string of the molecule is Cc1ccc(NC(=O)CCCCCN)cc1S(N)(=O)=O. The van der Waals surface area contributed by atoms with Crippen LogP contribution in [0.5, 0.6) is 0 Å². The van der Waals surface area contributed by atoms with Crippen LogP contribution in [0.3, 0.4) is 0 Å². The summed E-state index contributed by atoms with van der Waals surface area (Å²) < 4.78 is 22.8. The minimum absolute atomic E-state index is 0.0263. The van der Waals surface area contributed by atoms with Crippen molar-refractivity contribution in [1.29, 1.82) is 0 Å². The van der Waals surface area contributed by atoms with E-state index in [1.54, 1.807) is 19.1 Å². The number of unbranched alkanes of at least 4 members (excludes halogenated alkanes) is 2. The van der Waals surface area contributed by atoms with Crippen molar-refractivity contribution in [2.75, 3.05) is 11.9 Å². The van der Waals surface area contributed by atoms with Crippen molar-refractivity contribution in [1.82, 2.24) is 0 Å². The predicted molar refractivity (Wildman–Crippen MR) is 78.7 cm³/mol. The molecule has 1 aromatic carbocycles. The first kappa shape index (κ1) is 16.6. The van der Waals surface area contributed by atoms with E-state index >= 15 is 0 Å². The molecule has 1 amide bonds. The average Bonchev–Trinajstić information content (AvgIpc) is 2.36. The van der Waals surface area contributed by atoms with Gasteiger partial charge in [-0.1, -0.05) is 12.5 Å². The molecule has 112 valence electrons. The van der Waals surface area contributed by atoms with Crippen LogP contribution >= 0.6 is 0 Å². The van der Waals surface area contributed by atoms with Crippen LogP contribution in [0.2, 0.25) is 0 Å². The molecule has 0 spiro atoms. The highest BCUT2D eigenvalue weighted by molar-refractivity contribution is 7.89. The maximum atomic E-state index is 11.7. The van der Waals surface area contributed by atoms with Crippen LogP contribution in [0.15, 0.2) is 23.1 Å². The van der Waals surface area contributed by atoms with E-state index < -0.39 is 10.0 Å². The van der Waals surface area contributed by atoms with Crippen LogP contribution < -0.4 is 16.2 Å². The molecule has 0 radical (unpaired) electrons. The van der Waals surface area contributed by atoms with Crippen molar-refractivity contribution in [3.05, 3.63) is 23.8 Å². The molecule has 0 saturated carbocycles. The molecule has 0 heterocycles. The maximum Gasteiger partial charge on any atom is 0.238 e. The fraction of sp³-hybridized carbons (Fsp3) is 0.462. The molecule has 0 saturated heterocycles. The van der Waals surface area contributed by atoms with Crippen molar-refractivity contribution in [2.45, 2.75) is 37.5 Å². The molecule has 0 aromatic heterocycles. The molecule has 0 aliphatic heterocycles. The minimum Gasteiger partial charge on any atom is -0.330 e. The molecule has 5 N–H and O–H groups in total. The molecule has 20 heavy (non-hydrogen) atoms. The number of benzene rings is 1. The summed E-state index contributed by atoms with van der Waals surface area (Å²) in [5.74, 6) is -0.147. The first-order valence-corrected chi connectivity index (χ1v) is 8.02. The van der Waals surface area contributed by atoms with E-state index in [1.807, 2.05) is 0 Å². The minimum atomic E-state index is -3.78. The highest BCUT2D eigenvalue weighted by Crippen LogP contribution is 2.19. The van der Waals surface area contributed by atoms with Gasteiger partial charge >= 0.3 is 0 Å². The highest BCUT2D eigenvalue weighted by Gasteiger charge is 2.13. The molecule has 0 aliphatic carbocycles. The van der Waals surface area contributed by atoms with Gasteiger partial charge in [-0.25, -0.2) is 13.6 Å². The van der Waals surface area contributed by atoms with E-state index in [4.69, 9.17) is 10.9 Å². The molecule has 6 nitrogen and oxygen atoms in total. The molecule has 0 unspecified atom stereocenters. The lowest BCUT2D eigenvalue weighted by atomic mass is 10.2. The molecule has 0 fully saturated rings. The van der Waals surface area contributed by atoms with Crippen LogP contribution in [0.25, 0.3) is 0 Å². The number of hydrogen-bond acceptors (Lipinski definition) is 4. The lowest BCUT2D eigenvalue weighted by Crippen LogP contribution is -2.15. The van der Waals surface area contributed by atoms with Gasteiger partial charge in [0.2, 0.25) is 15.9 Å². The average molecular weight is 299 g/mol. The first-order valence-electron chi connectivity index (χ1n) is 6.48. The number of rotatable bonds is 7. The lowest BCUT2D eigenvalue weighted by molar-refractivity contribution is -0.116. The van der Waals surface area contributed by atoms with Crippen LogP contribution in [0, 0.1) is 6.92 Å². The van der Waals surface area contributed by atoms with Gasteiger partial charge in [0, 0.05) is 12.1 Å². The van der Waals surface area contributed by atoms with Crippen molar-refractivity contribution in [3.8, 4) is 0 Å². The number of primary sulfonamides is 1. The number of nitrogens with one attached hydrogen (secondary N) is 1. The third-order valence-corrected chi connectivity index (χ3v) is 3.94. The number of nitrogens with two attached hydrogens (primary N) is 2. The third-order valence-electron chi connectivity index (χ3n) is 2.89. The second-order valence-electron chi connectivity index (χ2n) is 4.67. The Balaban J connectivity index is 2.67. The number of carbonyl (C=O) groups excluding carboxylic acids is 1. The van der Waals surface area contributed by atoms with Crippen molar-refractivity contribution >= 4 is 21.6 Å². The summed E-state index contributed by atoms with van der Waals surface area (Å²) in [7, 11) is -3.78. The maximum absolute atomic E-state index is 11.7. The topological polar surface area (TPSA) is 115 Å². The Morgan fingerprint density at radius 1 is 1.25 bits per heavy atom. The van der Waals surface area contributed by atoms with E-state index in [2.05, 4.69) is 5.32 Å². The third kappa shape index (κ3) is 5.28. The molecular formula is C13H21N3O3S. The van der Waals surface area contributed by atoms with Gasteiger partial charge in [0.25, 0.3) is 0 Å². The fourth-order valence-corrected chi connectivity index (χ4v) is 2.62. The van der Waals surface area contributed by atoms with Gasteiger partial charge in [-0.3, -0.25) is 4.79 Å². The van der Waals surface area contributed by atoms with E-state index in [9.17, 15) is 13.2 Å². The van der Waals surface area contributed by atoms with Crippen LogP contribution in [-0.2, 0) is 14.8 Å². The zero-order valence-electron chi connectivity index (χ0n) is 11.6. The lowest BCUT2D eigenvalue weighted by Gasteiger charge is -2.09. The van der Waals surface area contributed by atoms with E-state index in [-0.39, 0.29) is 10.8 Å². The number of aryl methyl sites for hydroxylation is 1. The molecule has 7 heteroatoms. The largest absolute Gasteiger partial charge is 0.330 e. The van der Waals surface area contributed by atoms with Gasteiger partial charge in [-0.15, -0.1) is 0 Å². The Kier molecular flexibility index (Phi) is 6.12. The summed E-state index contributed by atoms with van der Waals surface area (Å²) in [6, 6.07) is 4.65. The summed E-state index contributed by atoms with van der Waals surface area (Å²) in [4.78, 5) is 11.7. The molecule has 1 rings (SSSR count). The Morgan fingerprint density at radius 2 is 1.95 bits per heavy atom. The van der Waals surface area contributed by atoms with Crippen LogP contribution in [0.1, 0.15) is 31.2 Å². The van der Waals surface area contributed by atoms with Gasteiger partial charge in [-0.05, 0) is 44.0 Å². The summed E-state index contributed by atoms with van der Waals surface area (Å²) in [5, 5.41) is 7.79. The number of amides is 1. The Bertz CT molecular complexity index is 570. The van der Waals surface area contributed by atoms with E-state index in [1.165, 1.54) is 6.07 Å². The molecule has 0 aliphatic rings. The zero-order chi connectivity index (χ0) is 15.2. The zero-order valence-corrected chi connectivity index (χ0v) is 12.4. The highest BCUT2D eigenvalue weighted by atomic mass is 32.2. The van der Waals surface area contributed by atoms with E-state index in [0.717, 1.165) is 19.3 Å². The first-order chi connectivity index (χ1) is 9.34. The van der Waals surface area contributed by atoms with Gasteiger partial charge in [0.15, 0.2) is 0 Å². The van der Waals surface area contributed by atoms with Crippen molar-refractivity contribution in [3.63, 3.8) is 0 Å². The summed E-state index contributed by atoms with van der Waals surface area (Å²) in [6.45, 7) is 2.27. The standard InChI is InChI=1S/C13H21N3O3S/c1-10-6-7-11(9-12(10)20(15,18)19)16-13(17)5-3-2-4-8-14/h6-7,9H,2-5,8,14H2,1H3,(H,16,17)(H2,15,18,19). The van der Waals surface area contributed by atoms with Gasteiger partial charge in [-0.2, -0.15) is 0 Å². The van der Waals surface area contributed by atoms with Crippen LogP contribution in [-0.4, -0.2) is 20.9 Å². The Labute approximate surface area is 119 Å². The quantitative estimate of drug-likeness (QED) is 0.654. The van der Waals surface area contributed by atoms with Gasteiger partial charge in [0.05, 0.1) is 4.90 Å². The fourth-order valence-electron chi connectivity index (χ4n) is 1.81. The Hall–Kier alpha value is -1.44. The molecule has 0 atom stereocenters. The predicted octanol–water partition coefficient (Wildman–Crippen LogP) is 1.10. The summed E-state index contributed by atoms with van der Waals surface area (Å²) in [5.41, 5.74) is 6.35. The van der Waals surface area contributed by atoms with Gasteiger partial charge < -0.3 is 11.1 Å². The Morgan fingerprint density at radius 3 is 2.55 bits per heavy atom. The monoisotopic (exact) mass is 299 g/mol. The summed E-state index contributed by atoms with van der Waals surface area (Å²) in [6.07, 6.45) is 2.95. The second-order valence-corrected chi connectivity index (χ2v) is 6.20. The van der Waals surface area contributed by atoms with Gasteiger partial charge in [0.1, 0.15) is 0 Å². The molecular weight excluding hydrogens is 278 g/mol. The summed E-state index contributed by atoms with van der Waals surface area (Å²) >= 11 is 0. The number of hydrogen-bond donors (Lipinski definition) is 3. The second kappa shape index (κ2) is 7.37. The van der Waals surface area contributed by atoms with Crippen molar-refractivity contribution in [2.24, 2.45) is 10.9 Å². The smallest absolute Gasteiger partial charge is 0.238 e. The number of anilines is 1. The molecule has 0 bridgehead atoms. The van der Waals surface area contributed by atoms with E-state index in [0.29, 0.717) is 24.2 Å². The molecule has 1 aromatic rings. The number of carbonyl (C=O) groups is 1. The van der Waals surface area contributed by atoms with Crippen LogP contribution in [0.4, 0.5) is 5.69 Å². The number of sulfonamides is 1. The normalized spacial score (nSPS) is 11.3.